The molecule has 3 aromatic heterocycles. The molecular formula is C34H27FN4O5. The van der Waals surface area contributed by atoms with Gasteiger partial charge in [0, 0.05) is 23.2 Å². The summed E-state index contributed by atoms with van der Waals surface area (Å²) in [5.41, 5.74) is 10.7. The van der Waals surface area contributed by atoms with Crippen LogP contribution in [0.2, 0.25) is 0 Å². The maximum absolute atomic E-state index is 13.7. The average molecular weight is 591 g/mol. The third kappa shape index (κ3) is 4.74. The first kappa shape index (κ1) is 27.3. The Morgan fingerprint density at radius 1 is 1.05 bits per heavy atom. The van der Waals surface area contributed by atoms with Gasteiger partial charge >= 0.3 is 0 Å². The molecule has 0 bridgehead atoms. The quantitative estimate of drug-likeness (QED) is 0.216. The van der Waals surface area contributed by atoms with Gasteiger partial charge in [0.2, 0.25) is 5.89 Å². The molecule has 0 spiro atoms. The fourth-order valence-electron chi connectivity index (χ4n) is 5.57. The first-order valence-corrected chi connectivity index (χ1v) is 14.1. The van der Waals surface area contributed by atoms with Gasteiger partial charge in [-0.2, -0.15) is 0 Å². The third-order valence-corrected chi connectivity index (χ3v) is 8.10. The second-order valence-corrected chi connectivity index (χ2v) is 11.1. The molecule has 3 aromatic carbocycles. The van der Waals surface area contributed by atoms with Crippen molar-refractivity contribution in [2.45, 2.75) is 31.7 Å². The number of nitrogens with two attached hydrogens (primary N) is 1. The number of furan rings is 1. The van der Waals surface area contributed by atoms with Crippen molar-refractivity contribution < 1.29 is 27.6 Å². The second kappa shape index (κ2) is 10.3. The number of hydrogen-bond acceptors (Lipinski definition) is 7. The number of methoxy groups -OCH3 is 1. The van der Waals surface area contributed by atoms with E-state index in [0.717, 1.165) is 16.7 Å². The van der Waals surface area contributed by atoms with E-state index in [1.807, 2.05) is 31.2 Å². The maximum atomic E-state index is 13.7. The molecular weight excluding hydrogens is 563 g/mol. The van der Waals surface area contributed by atoms with E-state index in [9.17, 15) is 14.0 Å². The number of ether oxygens (including phenoxy) is 1. The highest BCUT2D eigenvalue weighted by Gasteiger charge is 2.50. The Hall–Kier alpha value is -5.51. The summed E-state index contributed by atoms with van der Waals surface area (Å²) in [7, 11) is 1.53. The van der Waals surface area contributed by atoms with Gasteiger partial charge in [-0.1, -0.05) is 6.07 Å². The summed E-state index contributed by atoms with van der Waals surface area (Å²) in [6.45, 7) is 1.95. The summed E-state index contributed by atoms with van der Waals surface area (Å²) in [5, 5.41) is 3.69. The Labute approximate surface area is 250 Å². The van der Waals surface area contributed by atoms with Crippen LogP contribution >= 0.6 is 0 Å². The van der Waals surface area contributed by atoms with Crippen molar-refractivity contribution in [2.24, 2.45) is 5.73 Å². The normalized spacial score (nSPS) is 13.7. The van der Waals surface area contributed by atoms with Crippen molar-refractivity contribution in [3.05, 3.63) is 113 Å². The number of pyridine rings is 1. The molecule has 7 rings (SSSR count). The Morgan fingerprint density at radius 2 is 1.84 bits per heavy atom. The molecule has 0 saturated heterocycles. The predicted octanol–water partition coefficient (Wildman–Crippen LogP) is 6.20. The van der Waals surface area contributed by atoms with E-state index in [0.29, 0.717) is 64.1 Å². The molecule has 1 aliphatic rings. The van der Waals surface area contributed by atoms with Crippen LogP contribution in [0.1, 0.15) is 56.1 Å². The molecule has 1 fully saturated rings. The number of fused-ring (bicyclic) bond motifs is 2. The summed E-state index contributed by atoms with van der Waals surface area (Å²) in [4.78, 5) is 34.9. The number of carbonyl (C=O) groups excluding carboxylic acids is 2. The minimum absolute atomic E-state index is 0.227. The first-order valence-electron chi connectivity index (χ1n) is 14.1. The number of rotatable bonds is 8. The molecule has 0 atom stereocenters. The van der Waals surface area contributed by atoms with Crippen LogP contribution in [0.25, 0.3) is 33.4 Å². The lowest BCUT2D eigenvalue weighted by Gasteiger charge is -2.17. The molecule has 0 aliphatic heterocycles. The largest absolute Gasteiger partial charge is 0.496 e. The smallest absolute Gasteiger partial charge is 0.255 e. The number of nitrogens with zero attached hydrogens (tertiary/aromatic N) is 2. The Bertz CT molecular complexity index is 2060. The van der Waals surface area contributed by atoms with Gasteiger partial charge < -0.3 is 24.6 Å². The molecule has 3 heterocycles. The highest BCUT2D eigenvalue weighted by molar-refractivity contribution is 6.10. The summed E-state index contributed by atoms with van der Waals surface area (Å²) < 4.78 is 31.1. The molecule has 220 valence electrons. The molecule has 3 N–H and O–H groups in total. The van der Waals surface area contributed by atoms with E-state index >= 15 is 0 Å². The van der Waals surface area contributed by atoms with E-state index in [-0.39, 0.29) is 17.2 Å². The van der Waals surface area contributed by atoms with Gasteiger partial charge in [-0.15, -0.1) is 0 Å². The fraction of sp³-hybridized carbons (Fsp3) is 0.176. The van der Waals surface area contributed by atoms with Crippen LogP contribution < -0.4 is 15.8 Å². The van der Waals surface area contributed by atoms with Crippen molar-refractivity contribution in [3.8, 4) is 17.1 Å². The second-order valence-electron chi connectivity index (χ2n) is 11.1. The van der Waals surface area contributed by atoms with E-state index in [1.165, 1.54) is 19.2 Å². The van der Waals surface area contributed by atoms with Gasteiger partial charge in [-0.05, 0) is 91.4 Å². The molecule has 1 saturated carbocycles. The van der Waals surface area contributed by atoms with Crippen LogP contribution in [0, 0.1) is 12.7 Å². The van der Waals surface area contributed by atoms with Crippen LogP contribution in [0.5, 0.6) is 5.75 Å². The Morgan fingerprint density at radius 3 is 2.55 bits per heavy atom. The van der Waals surface area contributed by atoms with Gasteiger partial charge in [0.25, 0.3) is 11.8 Å². The molecule has 1 aliphatic carbocycles. The van der Waals surface area contributed by atoms with Crippen molar-refractivity contribution in [1.82, 2.24) is 15.3 Å². The molecule has 6 aromatic rings. The standard InChI is InChI=1S/C34H27FN4O5/c1-18-13-28(42-2)24(32(41)39-34(10-11-34)33-38-25-17-37-12-9-27(25)44-33)16-21(18)14-19-3-8-26-23(15-19)29(31(36)40)30(43-26)20-4-6-22(35)7-5-20/h3-9,12-13,15-17H,10-11,14H2,1-2H3,(H2,36,40)(H,39,41). The Kier molecular flexibility index (Phi) is 6.42. The van der Waals surface area contributed by atoms with Crippen LogP contribution in [-0.2, 0) is 12.0 Å². The SMILES string of the molecule is COc1cc(C)c(Cc2ccc3oc(-c4ccc(F)cc4)c(C(N)=O)c3c2)cc1C(=O)NC1(c2nc3cnccc3o2)CC1. The number of aryl methyl sites for hydroxylation is 1. The monoisotopic (exact) mass is 590 g/mol. The minimum atomic E-state index is -0.689. The van der Waals surface area contributed by atoms with E-state index in [1.54, 1.807) is 36.7 Å². The van der Waals surface area contributed by atoms with Gasteiger partial charge in [0.05, 0.1) is 24.4 Å². The van der Waals surface area contributed by atoms with E-state index in [4.69, 9.17) is 19.3 Å². The summed E-state index contributed by atoms with van der Waals surface area (Å²) in [5.74, 6) is -0.152. The van der Waals surface area contributed by atoms with Gasteiger partial charge in [-0.3, -0.25) is 14.6 Å². The van der Waals surface area contributed by atoms with Crippen LogP contribution in [0.4, 0.5) is 4.39 Å². The zero-order valence-electron chi connectivity index (χ0n) is 23.9. The molecule has 10 heteroatoms. The zero-order valence-corrected chi connectivity index (χ0v) is 23.9. The van der Waals surface area contributed by atoms with Gasteiger partial charge in [-0.25, -0.2) is 9.37 Å². The molecule has 0 unspecified atom stereocenters. The molecule has 0 radical (unpaired) electrons. The lowest BCUT2D eigenvalue weighted by atomic mass is 9.95. The van der Waals surface area contributed by atoms with Crippen molar-refractivity contribution in [3.63, 3.8) is 0 Å². The topological polar surface area (TPSA) is 133 Å². The summed E-state index contributed by atoms with van der Waals surface area (Å²) >= 11 is 0. The predicted molar refractivity (Wildman–Crippen MR) is 161 cm³/mol. The number of nitrogens with one attached hydrogen (secondary N) is 1. The highest BCUT2D eigenvalue weighted by atomic mass is 19.1. The van der Waals surface area contributed by atoms with E-state index < -0.39 is 17.3 Å². The lowest BCUT2D eigenvalue weighted by molar-refractivity contribution is 0.0919. The van der Waals surface area contributed by atoms with Crippen molar-refractivity contribution in [1.29, 1.82) is 0 Å². The molecule has 44 heavy (non-hydrogen) atoms. The first-order chi connectivity index (χ1) is 21.2. The molecule has 2 amide bonds. The number of primary amides is 1. The lowest BCUT2D eigenvalue weighted by Crippen LogP contribution is -2.35. The van der Waals surface area contributed by atoms with Crippen molar-refractivity contribution >= 4 is 33.9 Å². The average Bonchev–Trinajstić information content (AvgIpc) is 3.49. The van der Waals surface area contributed by atoms with Crippen LogP contribution in [0.15, 0.2) is 81.9 Å². The number of amides is 2. The van der Waals surface area contributed by atoms with E-state index in [2.05, 4.69) is 15.3 Å². The Balaban J connectivity index is 1.20. The van der Waals surface area contributed by atoms with Crippen molar-refractivity contribution in [2.75, 3.05) is 7.11 Å². The third-order valence-electron chi connectivity index (χ3n) is 8.10. The number of carbonyl (C=O) groups is 2. The zero-order chi connectivity index (χ0) is 30.6. The number of benzene rings is 3. The number of aromatic nitrogens is 2. The fourth-order valence-corrected chi connectivity index (χ4v) is 5.57. The minimum Gasteiger partial charge on any atom is -0.496 e. The highest BCUT2D eigenvalue weighted by Crippen LogP contribution is 2.46. The number of oxazole rings is 1. The van der Waals surface area contributed by atoms with Gasteiger partial charge in [0.15, 0.2) is 5.58 Å². The number of hydrogen-bond donors (Lipinski definition) is 2. The van der Waals surface area contributed by atoms with Crippen LogP contribution in [0.3, 0.4) is 0 Å². The maximum Gasteiger partial charge on any atom is 0.255 e. The summed E-state index contributed by atoms with van der Waals surface area (Å²) in [6, 6.07) is 16.6. The molecule has 9 nitrogen and oxygen atoms in total. The van der Waals surface area contributed by atoms with Gasteiger partial charge in [0.1, 0.15) is 34.0 Å². The summed E-state index contributed by atoms with van der Waals surface area (Å²) in [6.07, 6.45) is 5.13. The number of halogens is 1. The van der Waals surface area contributed by atoms with Crippen LogP contribution in [-0.4, -0.2) is 28.9 Å².